The van der Waals surface area contributed by atoms with Crippen LogP contribution >= 0.6 is 0 Å². The predicted molar refractivity (Wildman–Crippen MR) is 77.9 cm³/mol. The van der Waals surface area contributed by atoms with E-state index >= 15 is 0 Å². The molecule has 0 aromatic heterocycles. The van der Waals surface area contributed by atoms with Gasteiger partial charge in [-0.1, -0.05) is 0 Å². The lowest BCUT2D eigenvalue weighted by Gasteiger charge is -2.21. The normalized spacial score (nSPS) is 9.67. The van der Waals surface area contributed by atoms with E-state index < -0.39 is 0 Å². The van der Waals surface area contributed by atoms with Crippen LogP contribution < -0.4 is 14.2 Å². The molecular formula is C15H20N2O4. The molecule has 0 N–H and O–H groups in total. The summed E-state index contributed by atoms with van der Waals surface area (Å²) in [7, 11) is 4.51. The maximum Gasteiger partial charge on any atom is 0.257 e. The van der Waals surface area contributed by atoms with Crippen LogP contribution in [-0.4, -0.2) is 45.2 Å². The van der Waals surface area contributed by atoms with Gasteiger partial charge in [0, 0.05) is 25.2 Å². The number of methoxy groups -OCH3 is 3. The molecule has 0 aliphatic carbocycles. The Labute approximate surface area is 124 Å². The van der Waals surface area contributed by atoms with E-state index in [1.807, 2.05) is 13.0 Å². The summed E-state index contributed by atoms with van der Waals surface area (Å²) < 4.78 is 15.7. The van der Waals surface area contributed by atoms with Crippen LogP contribution in [0.1, 0.15) is 23.7 Å². The minimum atomic E-state index is -0.203. The van der Waals surface area contributed by atoms with Crippen LogP contribution in [0.25, 0.3) is 0 Å². The summed E-state index contributed by atoms with van der Waals surface area (Å²) in [5.41, 5.74) is 0.384. The van der Waals surface area contributed by atoms with Gasteiger partial charge in [0.25, 0.3) is 5.91 Å². The van der Waals surface area contributed by atoms with Gasteiger partial charge in [0.2, 0.25) is 0 Å². The Balaban J connectivity index is 3.20. The van der Waals surface area contributed by atoms with Gasteiger partial charge in [0.05, 0.1) is 39.4 Å². The van der Waals surface area contributed by atoms with Crippen molar-refractivity contribution in [3.8, 4) is 23.3 Å². The molecule has 21 heavy (non-hydrogen) atoms. The number of carbonyl (C=O) groups is 1. The molecule has 1 aromatic carbocycles. The van der Waals surface area contributed by atoms with Crippen LogP contribution in [0.2, 0.25) is 0 Å². The lowest BCUT2D eigenvalue weighted by atomic mass is 10.1. The van der Waals surface area contributed by atoms with Gasteiger partial charge in [-0.25, -0.2) is 0 Å². The van der Waals surface area contributed by atoms with Gasteiger partial charge in [0.1, 0.15) is 5.75 Å². The van der Waals surface area contributed by atoms with Crippen LogP contribution in [0, 0.1) is 11.3 Å². The Morgan fingerprint density at radius 2 is 1.71 bits per heavy atom. The van der Waals surface area contributed by atoms with Crippen LogP contribution in [-0.2, 0) is 0 Å². The number of ether oxygens (including phenoxy) is 3. The second kappa shape index (κ2) is 8.00. The van der Waals surface area contributed by atoms with E-state index in [1.165, 1.54) is 21.3 Å². The van der Waals surface area contributed by atoms with Crippen LogP contribution in [0.15, 0.2) is 12.1 Å². The molecule has 6 heteroatoms. The minimum Gasteiger partial charge on any atom is -0.496 e. The van der Waals surface area contributed by atoms with Gasteiger partial charge >= 0.3 is 0 Å². The fourth-order valence-corrected chi connectivity index (χ4v) is 1.95. The molecule has 0 fully saturated rings. The Morgan fingerprint density at radius 3 is 2.19 bits per heavy atom. The zero-order chi connectivity index (χ0) is 15.8. The van der Waals surface area contributed by atoms with Crippen molar-refractivity contribution in [2.24, 2.45) is 0 Å². The molecule has 1 amide bonds. The Morgan fingerprint density at radius 1 is 1.14 bits per heavy atom. The molecule has 0 radical (unpaired) electrons. The smallest absolute Gasteiger partial charge is 0.257 e. The molecule has 1 aromatic rings. The van der Waals surface area contributed by atoms with E-state index in [4.69, 9.17) is 19.5 Å². The number of hydrogen-bond acceptors (Lipinski definition) is 5. The van der Waals surface area contributed by atoms with Crippen molar-refractivity contribution in [2.45, 2.75) is 13.3 Å². The monoisotopic (exact) mass is 292 g/mol. The summed E-state index contributed by atoms with van der Waals surface area (Å²) in [4.78, 5) is 14.2. The van der Waals surface area contributed by atoms with Crippen molar-refractivity contribution in [3.63, 3.8) is 0 Å². The zero-order valence-electron chi connectivity index (χ0n) is 12.8. The highest BCUT2D eigenvalue weighted by atomic mass is 16.5. The van der Waals surface area contributed by atoms with E-state index in [-0.39, 0.29) is 12.3 Å². The minimum absolute atomic E-state index is 0.203. The molecular weight excluding hydrogens is 272 g/mol. The van der Waals surface area contributed by atoms with Gasteiger partial charge in [-0.2, -0.15) is 5.26 Å². The maximum atomic E-state index is 12.6. The summed E-state index contributed by atoms with van der Waals surface area (Å²) in [6, 6.07) is 5.25. The van der Waals surface area contributed by atoms with Crippen molar-refractivity contribution in [3.05, 3.63) is 17.7 Å². The van der Waals surface area contributed by atoms with Crippen LogP contribution in [0.5, 0.6) is 17.2 Å². The number of nitriles is 1. The summed E-state index contributed by atoms with van der Waals surface area (Å²) in [6.45, 7) is 2.75. The second-order valence-electron chi connectivity index (χ2n) is 4.20. The maximum absolute atomic E-state index is 12.6. The van der Waals surface area contributed by atoms with Gasteiger partial charge in [0.15, 0.2) is 11.5 Å². The molecule has 0 aliphatic rings. The first kappa shape index (κ1) is 16.6. The van der Waals surface area contributed by atoms with E-state index in [2.05, 4.69) is 0 Å². The summed E-state index contributed by atoms with van der Waals surface area (Å²) in [6.07, 6.45) is 0.287. The summed E-state index contributed by atoms with van der Waals surface area (Å²) >= 11 is 0. The fraction of sp³-hybridized carbons (Fsp3) is 0.467. The topological polar surface area (TPSA) is 71.8 Å². The molecule has 0 spiro atoms. The molecule has 0 unspecified atom stereocenters. The molecule has 1 rings (SSSR count). The predicted octanol–water partition coefficient (Wildman–Crippen LogP) is 2.09. The Kier molecular flexibility index (Phi) is 6.34. The quantitative estimate of drug-likeness (QED) is 0.769. The van der Waals surface area contributed by atoms with Crippen molar-refractivity contribution >= 4 is 5.91 Å². The third-order valence-electron chi connectivity index (χ3n) is 3.10. The average Bonchev–Trinajstić information content (AvgIpc) is 2.53. The van der Waals surface area contributed by atoms with E-state index in [0.717, 1.165) is 0 Å². The Bertz CT molecular complexity index is 537. The molecule has 0 aliphatic heterocycles. The van der Waals surface area contributed by atoms with Crippen LogP contribution in [0.3, 0.4) is 0 Å². The highest BCUT2D eigenvalue weighted by molar-refractivity contribution is 5.97. The lowest BCUT2D eigenvalue weighted by Crippen LogP contribution is -2.32. The molecule has 6 nitrogen and oxygen atoms in total. The molecule has 0 bridgehead atoms. The first-order valence-electron chi connectivity index (χ1n) is 6.59. The summed E-state index contributed by atoms with van der Waals surface area (Å²) in [5.74, 6) is 1.16. The fourth-order valence-electron chi connectivity index (χ4n) is 1.95. The van der Waals surface area contributed by atoms with E-state index in [9.17, 15) is 4.79 Å². The van der Waals surface area contributed by atoms with E-state index in [0.29, 0.717) is 35.9 Å². The number of rotatable bonds is 7. The molecule has 0 saturated carbocycles. The number of carbonyl (C=O) groups excluding carboxylic acids is 1. The molecule has 114 valence electrons. The third-order valence-corrected chi connectivity index (χ3v) is 3.10. The van der Waals surface area contributed by atoms with Gasteiger partial charge in [-0.05, 0) is 6.92 Å². The average molecular weight is 292 g/mol. The van der Waals surface area contributed by atoms with Crippen LogP contribution in [0.4, 0.5) is 0 Å². The largest absolute Gasteiger partial charge is 0.496 e. The highest BCUT2D eigenvalue weighted by Gasteiger charge is 2.21. The first-order valence-corrected chi connectivity index (χ1v) is 6.59. The molecule has 0 heterocycles. The highest BCUT2D eigenvalue weighted by Crippen LogP contribution is 2.35. The second-order valence-corrected chi connectivity index (χ2v) is 4.20. The number of nitrogens with zero attached hydrogens (tertiary/aromatic N) is 2. The third kappa shape index (κ3) is 3.78. The number of amides is 1. The van der Waals surface area contributed by atoms with Gasteiger partial charge in [-0.3, -0.25) is 4.79 Å². The first-order chi connectivity index (χ1) is 10.1. The summed E-state index contributed by atoms with van der Waals surface area (Å²) in [5, 5.41) is 8.67. The number of hydrogen-bond donors (Lipinski definition) is 0. The van der Waals surface area contributed by atoms with Crippen molar-refractivity contribution in [1.29, 1.82) is 5.26 Å². The Hall–Kier alpha value is -2.42. The number of benzene rings is 1. The van der Waals surface area contributed by atoms with Crippen molar-refractivity contribution in [1.82, 2.24) is 4.90 Å². The van der Waals surface area contributed by atoms with Crippen molar-refractivity contribution in [2.75, 3.05) is 34.4 Å². The standard InChI is InChI=1S/C15H20N2O4/c1-5-17(8-6-7-16)15(18)11-9-13(20-3)14(21-4)10-12(11)19-2/h9-10H,5-6,8H2,1-4H3. The van der Waals surface area contributed by atoms with Crippen molar-refractivity contribution < 1.29 is 19.0 Å². The van der Waals surface area contributed by atoms with Gasteiger partial charge < -0.3 is 19.1 Å². The molecule has 0 atom stereocenters. The van der Waals surface area contributed by atoms with Gasteiger partial charge in [-0.15, -0.1) is 0 Å². The SMILES string of the molecule is CCN(CCC#N)C(=O)c1cc(OC)c(OC)cc1OC. The molecule has 0 saturated heterocycles. The zero-order valence-corrected chi connectivity index (χ0v) is 12.8. The lowest BCUT2D eigenvalue weighted by molar-refractivity contribution is 0.0764. The van der Waals surface area contributed by atoms with E-state index in [1.54, 1.807) is 17.0 Å².